The van der Waals surface area contributed by atoms with E-state index in [1.165, 1.54) is 5.56 Å². The molecule has 6 nitrogen and oxygen atoms in total. The van der Waals surface area contributed by atoms with Crippen molar-refractivity contribution in [3.8, 4) is 22.8 Å². The van der Waals surface area contributed by atoms with Crippen molar-refractivity contribution in [1.82, 2.24) is 9.97 Å². The lowest BCUT2D eigenvalue weighted by Crippen LogP contribution is -2.02. The molecule has 3 aromatic rings. The molecule has 2 heterocycles. The molecule has 8 heteroatoms. The second kappa shape index (κ2) is 10.5. The zero-order valence-corrected chi connectivity index (χ0v) is 19.3. The average Bonchev–Trinajstić information content (AvgIpc) is 3.54. The topological polar surface area (TPSA) is 81.5 Å². The van der Waals surface area contributed by atoms with E-state index in [0.717, 1.165) is 11.1 Å². The van der Waals surface area contributed by atoms with Crippen LogP contribution in [-0.2, 0) is 11.4 Å². The van der Waals surface area contributed by atoms with Gasteiger partial charge in [0.2, 0.25) is 0 Å². The first kappa shape index (κ1) is 24.6. The van der Waals surface area contributed by atoms with Crippen LogP contribution in [0.3, 0.4) is 0 Å². The molecule has 0 bridgehead atoms. The molecule has 164 valence electrons. The molecule has 0 amide bonds. The van der Waals surface area contributed by atoms with E-state index >= 15 is 0 Å². The number of nitrogens with zero attached hydrogens (tertiary/aromatic N) is 2. The smallest absolute Gasteiger partial charge is 0.307 e. The second-order valence-electron chi connectivity index (χ2n) is 7.25. The maximum Gasteiger partial charge on any atom is 0.307 e. The Morgan fingerprint density at radius 1 is 1.13 bits per heavy atom. The van der Waals surface area contributed by atoms with E-state index in [-0.39, 0.29) is 32.9 Å². The summed E-state index contributed by atoms with van der Waals surface area (Å²) in [6.45, 7) is 2.50. The third-order valence-corrected chi connectivity index (χ3v) is 5.10. The fourth-order valence-corrected chi connectivity index (χ4v) is 3.32. The highest BCUT2D eigenvalue weighted by atomic mass is 32.1. The number of hydrogen-bond acceptors (Lipinski definition) is 5. The van der Waals surface area contributed by atoms with Crippen LogP contribution in [-0.4, -0.2) is 28.2 Å². The number of carbonyl (C=O) groups is 1. The van der Waals surface area contributed by atoms with Gasteiger partial charge in [0.25, 0.3) is 0 Å². The molecule has 31 heavy (non-hydrogen) atoms. The molecule has 4 rings (SSSR count). The summed E-state index contributed by atoms with van der Waals surface area (Å²) in [7, 11) is 1.57. The summed E-state index contributed by atoms with van der Waals surface area (Å²) in [5.41, 5.74) is 4.50. The Bertz CT molecular complexity index is 1040. The molecule has 0 spiro atoms. The highest BCUT2D eigenvalue weighted by molar-refractivity contribution is 7.59. The van der Waals surface area contributed by atoms with Crippen molar-refractivity contribution in [2.24, 2.45) is 5.92 Å². The first-order valence-corrected chi connectivity index (χ1v) is 9.46. The number of carboxylic acid groups (broad SMARTS) is 1. The second-order valence-corrected chi connectivity index (χ2v) is 7.25. The van der Waals surface area contributed by atoms with Gasteiger partial charge >= 0.3 is 5.97 Å². The highest BCUT2D eigenvalue weighted by Gasteiger charge is 2.46. The first-order chi connectivity index (χ1) is 14.0. The molecular weight excluding hydrogens is 432 g/mol. The summed E-state index contributed by atoms with van der Waals surface area (Å²) in [6, 6.07) is 13.8. The Hall–Kier alpha value is -2.71. The lowest BCUT2D eigenvalue weighted by atomic mass is 10.1. The van der Waals surface area contributed by atoms with Crippen molar-refractivity contribution >= 4 is 33.0 Å². The van der Waals surface area contributed by atoms with Gasteiger partial charge in [-0.25, -0.2) is 4.98 Å². The van der Waals surface area contributed by atoms with Gasteiger partial charge in [-0.2, -0.15) is 27.0 Å². The van der Waals surface area contributed by atoms with Crippen LogP contribution in [0, 0.1) is 12.8 Å². The lowest BCUT2D eigenvalue weighted by Gasteiger charge is -2.11. The van der Waals surface area contributed by atoms with Gasteiger partial charge in [0.15, 0.2) is 0 Å². The minimum atomic E-state index is -0.794. The molecule has 0 aliphatic heterocycles. The summed E-state index contributed by atoms with van der Waals surface area (Å²) in [6.07, 6.45) is 3.97. The van der Waals surface area contributed by atoms with E-state index in [1.807, 2.05) is 30.3 Å². The Labute approximate surface area is 195 Å². The van der Waals surface area contributed by atoms with E-state index in [2.05, 4.69) is 24.0 Å². The highest BCUT2D eigenvalue weighted by Crippen LogP contribution is 2.50. The number of aromatic nitrogens is 2. The van der Waals surface area contributed by atoms with Crippen LogP contribution in [0.25, 0.3) is 11.3 Å². The normalized spacial score (nSPS) is 16.5. The number of carboxylic acids is 1. The van der Waals surface area contributed by atoms with Crippen LogP contribution in [0.5, 0.6) is 11.5 Å². The zero-order chi connectivity index (χ0) is 20.4. The third-order valence-electron chi connectivity index (χ3n) is 5.10. The van der Waals surface area contributed by atoms with Gasteiger partial charge < -0.3 is 14.6 Å². The standard InChI is InChI=1S/C23H22N2O4.2H2S/c1-14-3-5-15(6-4-14)13-29-17-9-16(11-24-12-17)20-7-8-21(28-2)22(25-20)18-10-19(18)23(26)27;;/h3-9,11-12,18-19H,10,13H2,1-2H3,(H,26,27);2*1H2/t18-,19-;;/m0../s1. The Morgan fingerprint density at radius 2 is 1.87 bits per heavy atom. The fraction of sp³-hybridized carbons (Fsp3) is 0.261. The van der Waals surface area contributed by atoms with Gasteiger partial charge in [-0.05, 0) is 37.1 Å². The van der Waals surface area contributed by atoms with E-state index in [1.54, 1.807) is 19.5 Å². The third kappa shape index (κ3) is 5.71. The molecule has 1 N–H and O–H groups in total. The molecule has 2 atom stereocenters. The molecular formula is C23H26N2O4S2. The minimum absolute atomic E-state index is 0. The van der Waals surface area contributed by atoms with Gasteiger partial charge in [0.05, 0.1) is 30.6 Å². The first-order valence-electron chi connectivity index (χ1n) is 9.46. The van der Waals surface area contributed by atoms with Gasteiger partial charge in [-0.3, -0.25) is 9.78 Å². The number of methoxy groups -OCH3 is 1. The predicted molar refractivity (Wildman–Crippen MR) is 129 cm³/mol. The number of aryl methyl sites for hydroxylation is 1. The number of rotatable bonds is 7. The number of aliphatic carboxylic acids is 1. The van der Waals surface area contributed by atoms with Gasteiger partial charge in [0, 0.05) is 17.7 Å². The van der Waals surface area contributed by atoms with Crippen molar-refractivity contribution in [3.05, 3.63) is 71.7 Å². The van der Waals surface area contributed by atoms with E-state index < -0.39 is 11.9 Å². The molecule has 0 saturated heterocycles. The van der Waals surface area contributed by atoms with Crippen LogP contribution < -0.4 is 9.47 Å². The van der Waals surface area contributed by atoms with Crippen molar-refractivity contribution in [2.75, 3.05) is 7.11 Å². The zero-order valence-electron chi connectivity index (χ0n) is 17.3. The van der Waals surface area contributed by atoms with Crippen LogP contribution >= 0.6 is 27.0 Å². The Kier molecular flexibility index (Phi) is 8.36. The fourth-order valence-electron chi connectivity index (χ4n) is 3.32. The maximum absolute atomic E-state index is 11.3. The van der Waals surface area contributed by atoms with Crippen LogP contribution in [0.1, 0.15) is 29.2 Å². The number of ether oxygens (including phenoxy) is 2. The van der Waals surface area contributed by atoms with Crippen LogP contribution in [0.4, 0.5) is 0 Å². The van der Waals surface area contributed by atoms with Gasteiger partial charge in [-0.1, -0.05) is 29.8 Å². The Balaban J connectivity index is 0.00000171. The molecule has 1 aromatic carbocycles. The van der Waals surface area contributed by atoms with E-state index in [9.17, 15) is 9.90 Å². The molecule has 0 radical (unpaired) electrons. The largest absolute Gasteiger partial charge is 0.495 e. The van der Waals surface area contributed by atoms with Crippen LogP contribution in [0.15, 0.2) is 54.9 Å². The van der Waals surface area contributed by atoms with Gasteiger partial charge in [0.1, 0.15) is 18.1 Å². The van der Waals surface area contributed by atoms with Crippen LogP contribution in [0.2, 0.25) is 0 Å². The number of hydrogen-bond donors (Lipinski definition) is 1. The average molecular weight is 459 g/mol. The van der Waals surface area contributed by atoms with Gasteiger partial charge in [-0.15, -0.1) is 0 Å². The molecule has 1 aliphatic carbocycles. The SMILES string of the molecule is COc1ccc(-c2cncc(OCc3ccc(C)cc3)c2)nc1[C@H]1C[C@@H]1C(=O)O.S.S. The maximum atomic E-state index is 11.3. The minimum Gasteiger partial charge on any atom is -0.495 e. The number of pyridine rings is 2. The van der Waals surface area contributed by atoms with Crippen molar-refractivity contribution < 1.29 is 19.4 Å². The quantitative estimate of drug-likeness (QED) is 0.563. The molecule has 1 aliphatic rings. The van der Waals surface area contributed by atoms with Crippen molar-refractivity contribution in [1.29, 1.82) is 0 Å². The Morgan fingerprint density at radius 3 is 2.52 bits per heavy atom. The summed E-state index contributed by atoms with van der Waals surface area (Å²) in [5, 5.41) is 9.24. The molecule has 1 saturated carbocycles. The summed E-state index contributed by atoms with van der Waals surface area (Å²) in [4.78, 5) is 20.2. The van der Waals surface area contributed by atoms with E-state index in [0.29, 0.717) is 35.9 Å². The lowest BCUT2D eigenvalue weighted by molar-refractivity contribution is -0.138. The van der Waals surface area contributed by atoms with Crippen molar-refractivity contribution in [3.63, 3.8) is 0 Å². The van der Waals surface area contributed by atoms with Crippen molar-refractivity contribution in [2.45, 2.75) is 25.9 Å². The predicted octanol–water partition coefficient (Wildman–Crippen LogP) is 4.45. The van der Waals surface area contributed by atoms with E-state index in [4.69, 9.17) is 14.5 Å². The molecule has 2 aromatic heterocycles. The summed E-state index contributed by atoms with van der Waals surface area (Å²) < 4.78 is 11.3. The summed E-state index contributed by atoms with van der Waals surface area (Å²) >= 11 is 0. The monoisotopic (exact) mass is 458 g/mol. The summed E-state index contributed by atoms with van der Waals surface area (Å²) in [5.74, 6) is -0.0398. The molecule has 0 unspecified atom stereocenters. The molecule has 1 fully saturated rings. The number of benzene rings is 1.